The van der Waals surface area contributed by atoms with Crippen molar-refractivity contribution in [3.05, 3.63) is 59.2 Å². The van der Waals surface area contributed by atoms with Crippen LogP contribution in [0, 0.1) is 6.92 Å². The van der Waals surface area contributed by atoms with Crippen LogP contribution in [0.4, 0.5) is 5.69 Å². The number of anilines is 1. The monoisotopic (exact) mass is 391 g/mol. The maximum atomic E-state index is 13.3. The van der Waals surface area contributed by atoms with Crippen LogP contribution in [-0.2, 0) is 10.0 Å². The molecule has 0 saturated carbocycles. The van der Waals surface area contributed by atoms with Gasteiger partial charge in [-0.15, -0.1) is 0 Å². The van der Waals surface area contributed by atoms with E-state index in [1.54, 1.807) is 13.0 Å². The van der Waals surface area contributed by atoms with E-state index in [-0.39, 0.29) is 28.3 Å². The lowest BCUT2D eigenvalue weighted by Crippen LogP contribution is -2.34. The number of carboxylic acids is 2. The molecule has 2 rings (SSSR count). The van der Waals surface area contributed by atoms with E-state index in [4.69, 9.17) is 0 Å². The Balaban J connectivity index is 2.69. The Morgan fingerprint density at radius 3 is 2.30 bits per heavy atom. The van der Waals surface area contributed by atoms with E-state index in [1.165, 1.54) is 30.3 Å². The predicted molar refractivity (Wildman–Crippen MR) is 101 cm³/mol. The molecule has 2 aromatic rings. The van der Waals surface area contributed by atoms with Gasteiger partial charge in [0.05, 0.1) is 21.7 Å². The highest BCUT2D eigenvalue weighted by molar-refractivity contribution is 7.92. The lowest BCUT2D eigenvalue weighted by Gasteiger charge is -2.26. The van der Waals surface area contributed by atoms with Gasteiger partial charge in [-0.2, -0.15) is 0 Å². The molecule has 0 saturated heterocycles. The van der Waals surface area contributed by atoms with Gasteiger partial charge in [-0.1, -0.05) is 31.5 Å². The fourth-order valence-electron chi connectivity index (χ4n) is 2.67. The summed E-state index contributed by atoms with van der Waals surface area (Å²) >= 11 is 0. The number of rotatable bonds is 8. The molecule has 2 aromatic carbocycles. The molecule has 0 aromatic heterocycles. The summed E-state index contributed by atoms with van der Waals surface area (Å²) in [6, 6.07) is 9.73. The van der Waals surface area contributed by atoms with Crippen LogP contribution in [0.5, 0.6) is 0 Å². The van der Waals surface area contributed by atoms with E-state index < -0.39 is 22.0 Å². The molecule has 0 heterocycles. The number of sulfonamides is 1. The van der Waals surface area contributed by atoms with Crippen molar-refractivity contribution in [2.24, 2.45) is 0 Å². The zero-order valence-electron chi connectivity index (χ0n) is 15.0. The van der Waals surface area contributed by atoms with Gasteiger partial charge in [0.15, 0.2) is 0 Å². The third kappa shape index (κ3) is 4.28. The maximum absolute atomic E-state index is 13.3. The number of hydrogen-bond donors (Lipinski definition) is 2. The number of para-hydroxylation sites is 1. The Kier molecular flexibility index (Phi) is 6.22. The minimum Gasteiger partial charge on any atom is -0.478 e. The fourth-order valence-corrected chi connectivity index (χ4v) is 4.45. The molecule has 0 unspecified atom stereocenters. The van der Waals surface area contributed by atoms with Crippen molar-refractivity contribution in [3.8, 4) is 0 Å². The molecular weight excluding hydrogens is 370 g/mol. The molecule has 0 aliphatic heterocycles. The van der Waals surface area contributed by atoms with Crippen molar-refractivity contribution < 1.29 is 28.2 Å². The van der Waals surface area contributed by atoms with Gasteiger partial charge in [0.2, 0.25) is 0 Å². The second-order valence-electron chi connectivity index (χ2n) is 6.04. The quantitative estimate of drug-likeness (QED) is 0.713. The van der Waals surface area contributed by atoms with E-state index >= 15 is 0 Å². The van der Waals surface area contributed by atoms with Crippen LogP contribution in [0.2, 0.25) is 0 Å². The molecule has 0 radical (unpaired) electrons. The van der Waals surface area contributed by atoms with Crippen molar-refractivity contribution in [1.82, 2.24) is 0 Å². The van der Waals surface area contributed by atoms with Crippen LogP contribution in [-0.4, -0.2) is 37.1 Å². The fraction of sp³-hybridized carbons (Fsp3) is 0.263. The Bertz CT molecular complexity index is 968. The Morgan fingerprint density at radius 1 is 1.04 bits per heavy atom. The van der Waals surface area contributed by atoms with E-state index in [9.17, 15) is 28.2 Å². The summed E-state index contributed by atoms with van der Waals surface area (Å²) in [5, 5.41) is 18.6. The van der Waals surface area contributed by atoms with Gasteiger partial charge in [0, 0.05) is 6.54 Å². The molecule has 8 heteroatoms. The van der Waals surface area contributed by atoms with Gasteiger partial charge in [0.1, 0.15) is 0 Å². The largest absolute Gasteiger partial charge is 0.478 e. The average molecular weight is 391 g/mol. The Morgan fingerprint density at radius 2 is 1.70 bits per heavy atom. The Labute approximate surface area is 157 Å². The molecule has 0 aliphatic carbocycles. The SMILES string of the molecule is CCCCN(c1ccccc1C(=O)O)S(=O)(=O)c1cc(C(=O)O)ccc1C. The number of carboxylic acid groups (broad SMARTS) is 2. The lowest BCUT2D eigenvalue weighted by molar-refractivity contribution is 0.0686. The van der Waals surface area contributed by atoms with Crippen LogP contribution in [0.3, 0.4) is 0 Å². The number of nitrogens with zero attached hydrogens (tertiary/aromatic N) is 1. The van der Waals surface area contributed by atoms with E-state index in [1.807, 2.05) is 6.92 Å². The minimum absolute atomic E-state index is 0.0542. The van der Waals surface area contributed by atoms with Gasteiger partial charge in [-0.05, 0) is 43.2 Å². The minimum atomic E-state index is -4.16. The van der Waals surface area contributed by atoms with Crippen LogP contribution >= 0.6 is 0 Å². The van der Waals surface area contributed by atoms with Gasteiger partial charge in [-0.25, -0.2) is 18.0 Å². The molecule has 0 bridgehead atoms. The molecule has 7 nitrogen and oxygen atoms in total. The summed E-state index contributed by atoms with van der Waals surface area (Å²) in [6.07, 6.45) is 1.22. The number of carbonyl (C=O) groups is 2. The summed E-state index contributed by atoms with van der Waals surface area (Å²) in [7, 11) is -4.16. The van der Waals surface area contributed by atoms with Gasteiger partial charge < -0.3 is 10.2 Å². The first-order valence-corrected chi connectivity index (χ1v) is 9.83. The van der Waals surface area contributed by atoms with E-state index in [0.29, 0.717) is 18.4 Å². The van der Waals surface area contributed by atoms with Gasteiger partial charge in [0.25, 0.3) is 10.0 Å². The molecular formula is C19H21NO6S. The van der Waals surface area contributed by atoms with E-state index in [2.05, 4.69) is 0 Å². The third-order valence-electron chi connectivity index (χ3n) is 4.12. The van der Waals surface area contributed by atoms with Crippen LogP contribution in [0.25, 0.3) is 0 Å². The van der Waals surface area contributed by atoms with Crippen molar-refractivity contribution in [1.29, 1.82) is 0 Å². The second-order valence-corrected chi connectivity index (χ2v) is 7.87. The topological polar surface area (TPSA) is 112 Å². The highest BCUT2D eigenvalue weighted by atomic mass is 32.2. The first-order valence-electron chi connectivity index (χ1n) is 8.39. The lowest BCUT2D eigenvalue weighted by atomic mass is 10.1. The summed E-state index contributed by atoms with van der Waals surface area (Å²) in [4.78, 5) is 22.7. The highest BCUT2D eigenvalue weighted by Crippen LogP contribution is 2.29. The number of hydrogen-bond acceptors (Lipinski definition) is 4. The number of aryl methyl sites for hydroxylation is 1. The summed E-state index contributed by atoms with van der Waals surface area (Å²) < 4.78 is 27.7. The number of unbranched alkanes of at least 4 members (excludes halogenated alkanes) is 1. The maximum Gasteiger partial charge on any atom is 0.337 e. The molecule has 0 spiro atoms. The van der Waals surface area contributed by atoms with Crippen molar-refractivity contribution >= 4 is 27.6 Å². The molecule has 0 fully saturated rings. The average Bonchev–Trinajstić information content (AvgIpc) is 2.62. The normalized spacial score (nSPS) is 11.2. The zero-order valence-corrected chi connectivity index (χ0v) is 15.9. The molecule has 0 atom stereocenters. The van der Waals surface area contributed by atoms with Gasteiger partial charge >= 0.3 is 11.9 Å². The van der Waals surface area contributed by atoms with Crippen LogP contribution < -0.4 is 4.31 Å². The van der Waals surface area contributed by atoms with Crippen molar-refractivity contribution in [2.45, 2.75) is 31.6 Å². The Hall–Kier alpha value is -2.87. The second kappa shape index (κ2) is 8.22. The predicted octanol–water partition coefficient (Wildman–Crippen LogP) is 3.39. The summed E-state index contributed by atoms with van der Waals surface area (Å²) in [5.41, 5.74) is 0.151. The first-order chi connectivity index (χ1) is 12.7. The summed E-state index contributed by atoms with van der Waals surface area (Å²) in [6.45, 7) is 3.55. The van der Waals surface area contributed by atoms with Crippen LogP contribution in [0.1, 0.15) is 46.0 Å². The third-order valence-corrected chi connectivity index (χ3v) is 6.08. The van der Waals surface area contributed by atoms with E-state index in [0.717, 1.165) is 10.4 Å². The molecule has 0 amide bonds. The van der Waals surface area contributed by atoms with Crippen molar-refractivity contribution in [3.63, 3.8) is 0 Å². The molecule has 0 aliphatic rings. The van der Waals surface area contributed by atoms with Crippen LogP contribution in [0.15, 0.2) is 47.4 Å². The van der Waals surface area contributed by atoms with Crippen molar-refractivity contribution in [2.75, 3.05) is 10.8 Å². The summed E-state index contributed by atoms with van der Waals surface area (Å²) in [5.74, 6) is -2.48. The number of benzene rings is 2. The number of aromatic carboxylic acids is 2. The highest BCUT2D eigenvalue weighted by Gasteiger charge is 2.29. The van der Waals surface area contributed by atoms with Gasteiger partial charge in [-0.3, -0.25) is 4.31 Å². The first kappa shape index (κ1) is 20.4. The molecule has 144 valence electrons. The smallest absolute Gasteiger partial charge is 0.337 e. The zero-order chi connectivity index (χ0) is 20.2. The molecule has 27 heavy (non-hydrogen) atoms. The molecule has 2 N–H and O–H groups in total. The standard InChI is InChI=1S/C19H21NO6S/c1-3-4-11-20(16-8-6-5-7-15(16)19(23)24)27(25,26)17-12-14(18(21)22)10-9-13(17)2/h5-10,12H,3-4,11H2,1-2H3,(H,21,22)(H,23,24).